The fourth-order valence-electron chi connectivity index (χ4n) is 2.25. The maximum absolute atomic E-state index is 14.3. The summed E-state index contributed by atoms with van der Waals surface area (Å²) in [6.45, 7) is 1.78. The van der Waals surface area contributed by atoms with Gasteiger partial charge in [0.05, 0.1) is 5.69 Å². The molecule has 2 heterocycles. The van der Waals surface area contributed by atoms with Crippen LogP contribution in [0.2, 0.25) is 0 Å². The second kappa shape index (κ2) is 5.92. The molecular weight excluding hydrogens is 297 g/mol. The summed E-state index contributed by atoms with van der Waals surface area (Å²) in [6.07, 6.45) is 1.48. The summed E-state index contributed by atoms with van der Waals surface area (Å²) in [5.74, 6) is 0.136. The Balaban J connectivity index is 1.97. The van der Waals surface area contributed by atoms with Gasteiger partial charge in [0.25, 0.3) is 5.56 Å². The Labute approximate surface area is 131 Å². The molecule has 0 aliphatic rings. The van der Waals surface area contributed by atoms with Crippen LogP contribution in [-0.4, -0.2) is 9.55 Å². The van der Waals surface area contributed by atoms with E-state index in [-0.39, 0.29) is 17.1 Å². The number of hydrogen-bond donors (Lipinski definition) is 1. The topological polar surface area (TPSA) is 70.1 Å². The third kappa shape index (κ3) is 3.06. The fourth-order valence-corrected chi connectivity index (χ4v) is 2.25. The predicted octanol–water partition coefficient (Wildman–Crippen LogP) is 3.05. The molecule has 0 fully saturated rings. The molecule has 0 aliphatic carbocycles. The average Bonchev–Trinajstić information content (AvgIpc) is 2.50. The van der Waals surface area contributed by atoms with Crippen molar-refractivity contribution < 1.29 is 9.13 Å². The molecule has 116 valence electrons. The second-order valence-corrected chi connectivity index (χ2v) is 4.97. The smallest absolute Gasteiger partial charge is 0.255 e. The number of anilines is 1. The second-order valence-electron chi connectivity index (χ2n) is 4.97. The van der Waals surface area contributed by atoms with Crippen LogP contribution in [0.5, 0.6) is 11.5 Å². The van der Waals surface area contributed by atoms with Gasteiger partial charge in [0.15, 0.2) is 11.6 Å². The molecule has 23 heavy (non-hydrogen) atoms. The van der Waals surface area contributed by atoms with Gasteiger partial charge in [0.2, 0.25) is 0 Å². The van der Waals surface area contributed by atoms with Gasteiger partial charge >= 0.3 is 0 Å². The van der Waals surface area contributed by atoms with E-state index in [2.05, 4.69) is 4.98 Å². The molecule has 2 aromatic heterocycles. The molecule has 0 saturated carbocycles. The molecule has 0 spiro atoms. The zero-order chi connectivity index (χ0) is 16.4. The minimum atomic E-state index is -0.576. The molecule has 3 rings (SSSR count). The van der Waals surface area contributed by atoms with Gasteiger partial charge in [-0.05, 0) is 31.2 Å². The van der Waals surface area contributed by atoms with Gasteiger partial charge in [0.1, 0.15) is 11.6 Å². The number of pyridine rings is 2. The molecular formula is C17H14FN3O2. The minimum Gasteiger partial charge on any atom is -0.454 e. The van der Waals surface area contributed by atoms with E-state index in [1.54, 1.807) is 31.2 Å². The van der Waals surface area contributed by atoms with Crippen molar-refractivity contribution in [3.05, 3.63) is 76.6 Å². The van der Waals surface area contributed by atoms with E-state index in [4.69, 9.17) is 10.5 Å². The van der Waals surface area contributed by atoms with Crippen molar-refractivity contribution in [1.29, 1.82) is 0 Å². The molecule has 0 saturated heterocycles. The van der Waals surface area contributed by atoms with Crippen molar-refractivity contribution in [2.24, 2.45) is 0 Å². The minimum absolute atomic E-state index is 0.0426. The fraction of sp³-hybridized carbons (Fsp3) is 0.0588. The van der Waals surface area contributed by atoms with Gasteiger partial charge < -0.3 is 10.5 Å². The summed E-state index contributed by atoms with van der Waals surface area (Å²) in [5.41, 5.74) is 6.49. The van der Waals surface area contributed by atoms with Crippen molar-refractivity contribution in [3.8, 4) is 17.2 Å². The van der Waals surface area contributed by atoms with E-state index in [0.29, 0.717) is 17.1 Å². The van der Waals surface area contributed by atoms with Crippen LogP contribution in [0.3, 0.4) is 0 Å². The lowest BCUT2D eigenvalue weighted by Crippen LogP contribution is -2.18. The number of aryl methyl sites for hydroxylation is 1. The Kier molecular flexibility index (Phi) is 3.80. The van der Waals surface area contributed by atoms with Gasteiger partial charge in [-0.25, -0.2) is 9.37 Å². The Hall–Kier alpha value is -3.15. The number of aromatic nitrogens is 2. The van der Waals surface area contributed by atoms with Crippen LogP contribution in [-0.2, 0) is 0 Å². The Morgan fingerprint density at radius 3 is 2.70 bits per heavy atom. The lowest BCUT2D eigenvalue weighted by Gasteiger charge is -2.12. The molecule has 0 bridgehead atoms. The van der Waals surface area contributed by atoms with E-state index in [1.807, 2.05) is 0 Å². The number of benzene rings is 1. The summed E-state index contributed by atoms with van der Waals surface area (Å²) in [5, 5.41) is 0. The number of nitrogens with zero attached hydrogens (tertiary/aromatic N) is 2. The first-order valence-electron chi connectivity index (χ1n) is 6.92. The average molecular weight is 311 g/mol. The van der Waals surface area contributed by atoms with E-state index < -0.39 is 5.82 Å². The highest BCUT2D eigenvalue weighted by molar-refractivity contribution is 5.43. The normalized spacial score (nSPS) is 10.5. The highest BCUT2D eigenvalue weighted by Gasteiger charge is 2.09. The highest BCUT2D eigenvalue weighted by atomic mass is 19.1. The zero-order valence-corrected chi connectivity index (χ0v) is 12.4. The summed E-state index contributed by atoms with van der Waals surface area (Å²) in [6, 6.07) is 12.3. The molecule has 0 amide bonds. The van der Waals surface area contributed by atoms with Crippen LogP contribution in [0.15, 0.2) is 59.5 Å². The largest absolute Gasteiger partial charge is 0.454 e. The summed E-state index contributed by atoms with van der Waals surface area (Å²) in [7, 11) is 0. The lowest BCUT2D eigenvalue weighted by atomic mass is 10.2. The molecule has 2 N–H and O–H groups in total. The predicted molar refractivity (Wildman–Crippen MR) is 85.5 cm³/mol. The van der Waals surface area contributed by atoms with E-state index >= 15 is 0 Å². The Morgan fingerprint density at radius 1 is 1.17 bits per heavy atom. The molecule has 0 atom stereocenters. The standard InChI is InChI=1S/C17H14FN3O2/c1-11-3-2-4-17(22)21(11)12-5-6-15(14(18)9-12)23-13-7-8-20-16(19)10-13/h2-10H,1H3,(H2,19,20). The quantitative estimate of drug-likeness (QED) is 0.807. The SMILES string of the molecule is Cc1cccc(=O)n1-c1ccc(Oc2ccnc(N)c2)c(F)c1. The van der Waals surface area contributed by atoms with Crippen LogP contribution in [0.25, 0.3) is 5.69 Å². The van der Waals surface area contributed by atoms with Gasteiger partial charge in [-0.15, -0.1) is 0 Å². The highest BCUT2D eigenvalue weighted by Crippen LogP contribution is 2.26. The van der Waals surface area contributed by atoms with Crippen LogP contribution in [0.4, 0.5) is 10.2 Å². The van der Waals surface area contributed by atoms with Crippen LogP contribution >= 0.6 is 0 Å². The third-order valence-corrected chi connectivity index (χ3v) is 3.30. The Morgan fingerprint density at radius 2 is 2.00 bits per heavy atom. The number of ether oxygens (including phenoxy) is 1. The number of hydrogen-bond acceptors (Lipinski definition) is 4. The third-order valence-electron chi connectivity index (χ3n) is 3.30. The molecule has 0 aliphatic heterocycles. The zero-order valence-electron chi connectivity index (χ0n) is 12.4. The van der Waals surface area contributed by atoms with Crippen molar-refractivity contribution in [2.75, 3.05) is 5.73 Å². The summed E-state index contributed by atoms with van der Waals surface area (Å²) in [4.78, 5) is 15.8. The maximum Gasteiger partial charge on any atom is 0.255 e. The van der Waals surface area contributed by atoms with Gasteiger partial charge in [-0.2, -0.15) is 0 Å². The van der Waals surface area contributed by atoms with E-state index in [9.17, 15) is 9.18 Å². The lowest BCUT2D eigenvalue weighted by molar-refractivity contribution is 0.442. The van der Waals surface area contributed by atoms with E-state index in [1.165, 1.54) is 35.0 Å². The first kappa shape index (κ1) is 14.8. The number of nitrogen functional groups attached to an aromatic ring is 1. The maximum atomic E-state index is 14.3. The van der Waals surface area contributed by atoms with Gasteiger partial charge in [-0.1, -0.05) is 6.07 Å². The molecule has 0 radical (unpaired) electrons. The molecule has 6 heteroatoms. The summed E-state index contributed by atoms with van der Waals surface area (Å²) >= 11 is 0. The number of halogens is 1. The first-order chi connectivity index (χ1) is 11.0. The van der Waals surface area contributed by atoms with Crippen LogP contribution < -0.4 is 16.0 Å². The first-order valence-corrected chi connectivity index (χ1v) is 6.92. The molecule has 5 nitrogen and oxygen atoms in total. The van der Waals surface area contributed by atoms with E-state index in [0.717, 1.165) is 0 Å². The van der Waals surface area contributed by atoms with Crippen molar-refractivity contribution >= 4 is 5.82 Å². The van der Waals surface area contributed by atoms with Crippen molar-refractivity contribution in [3.63, 3.8) is 0 Å². The molecule has 0 unspecified atom stereocenters. The molecule has 3 aromatic rings. The van der Waals surface area contributed by atoms with Crippen molar-refractivity contribution in [1.82, 2.24) is 9.55 Å². The number of rotatable bonds is 3. The van der Waals surface area contributed by atoms with Gasteiger partial charge in [0, 0.05) is 30.1 Å². The Bertz CT molecular complexity index is 922. The summed E-state index contributed by atoms with van der Waals surface area (Å²) < 4.78 is 21.2. The van der Waals surface area contributed by atoms with Crippen molar-refractivity contribution in [2.45, 2.75) is 6.92 Å². The number of nitrogens with two attached hydrogens (primary N) is 1. The van der Waals surface area contributed by atoms with Gasteiger partial charge in [-0.3, -0.25) is 9.36 Å². The van der Waals surface area contributed by atoms with Crippen LogP contribution in [0.1, 0.15) is 5.69 Å². The monoisotopic (exact) mass is 311 g/mol. The molecule has 1 aromatic carbocycles. The van der Waals surface area contributed by atoms with Crippen LogP contribution in [0, 0.1) is 12.7 Å².